The second-order valence-corrected chi connectivity index (χ2v) is 5.45. The lowest BCUT2D eigenvalue weighted by molar-refractivity contribution is 0.0895. The van der Waals surface area contributed by atoms with Crippen molar-refractivity contribution in [2.45, 2.75) is 12.8 Å². The van der Waals surface area contributed by atoms with Crippen molar-refractivity contribution in [3.05, 3.63) is 22.2 Å². The van der Waals surface area contributed by atoms with Crippen molar-refractivity contribution in [3.8, 4) is 11.5 Å². The van der Waals surface area contributed by atoms with E-state index in [-0.39, 0.29) is 11.7 Å². The quantitative estimate of drug-likeness (QED) is 0.864. The molecule has 1 aromatic rings. The minimum Gasteiger partial charge on any atom is -0.497 e. The molecule has 0 bridgehead atoms. The van der Waals surface area contributed by atoms with Gasteiger partial charge >= 0.3 is 0 Å². The summed E-state index contributed by atoms with van der Waals surface area (Å²) in [4.78, 5) is 12.6. The Morgan fingerprint density at radius 2 is 2.16 bits per heavy atom. The van der Waals surface area contributed by atoms with Gasteiger partial charge in [0.15, 0.2) is 5.78 Å². The zero-order chi connectivity index (χ0) is 13.8. The zero-order valence-electron chi connectivity index (χ0n) is 11.2. The largest absolute Gasteiger partial charge is 0.497 e. The van der Waals surface area contributed by atoms with Crippen molar-refractivity contribution in [2.24, 2.45) is 5.92 Å². The van der Waals surface area contributed by atoms with Gasteiger partial charge in [0.25, 0.3) is 0 Å². The molecule has 0 spiro atoms. The first-order chi connectivity index (χ1) is 9.17. The number of hydrogen-bond donors (Lipinski definition) is 1. The standard InChI is InChI=1S/C14H18BrNO3/c1-18-10-6-11(15)13(12(7-10)19-2)14(17)9-4-3-5-16-8-9/h6-7,9,16H,3-5,8H2,1-2H3. The van der Waals surface area contributed by atoms with E-state index in [4.69, 9.17) is 9.47 Å². The number of methoxy groups -OCH3 is 2. The molecule has 0 amide bonds. The predicted molar refractivity (Wildman–Crippen MR) is 77.2 cm³/mol. The van der Waals surface area contributed by atoms with Gasteiger partial charge in [-0.2, -0.15) is 0 Å². The fourth-order valence-electron chi connectivity index (χ4n) is 2.36. The number of benzene rings is 1. The van der Waals surface area contributed by atoms with Gasteiger partial charge < -0.3 is 14.8 Å². The summed E-state index contributed by atoms with van der Waals surface area (Å²) in [6.07, 6.45) is 1.96. The maximum atomic E-state index is 12.6. The number of ether oxygens (including phenoxy) is 2. The molecule has 19 heavy (non-hydrogen) atoms. The Morgan fingerprint density at radius 3 is 2.74 bits per heavy atom. The minimum absolute atomic E-state index is 0.0207. The fourth-order valence-corrected chi connectivity index (χ4v) is 2.97. The molecule has 0 aromatic heterocycles. The average molecular weight is 328 g/mol. The molecule has 1 heterocycles. The van der Waals surface area contributed by atoms with Gasteiger partial charge in [-0.05, 0) is 41.4 Å². The molecule has 1 aliphatic rings. The zero-order valence-corrected chi connectivity index (χ0v) is 12.7. The maximum absolute atomic E-state index is 12.6. The summed E-state index contributed by atoms with van der Waals surface area (Å²) in [5.41, 5.74) is 0.608. The van der Waals surface area contributed by atoms with Crippen LogP contribution in [0, 0.1) is 5.92 Å². The molecule has 1 fully saturated rings. The molecule has 1 N–H and O–H groups in total. The highest BCUT2D eigenvalue weighted by atomic mass is 79.9. The molecule has 5 heteroatoms. The predicted octanol–water partition coefficient (Wildman–Crippen LogP) is 2.65. The van der Waals surface area contributed by atoms with E-state index in [1.165, 1.54) is 0 Å². The van der Waals surface area contributed by atoms with E-state index in [0.717, 1.165) is 30.4 Å². The molecule has 0 radical (unpaired) electrons. The number of Topliss-reactive ketones (excluding diaryl/α,β-unsaturated/α-hetero) is 1. The molecule has 1 aromatic carbocycles. The Morgan fingerprint density at radius 1 is 1.37 bits per heavy atom. The minimum atomic E-state index is 0.0207. The third-order valence-electron chi connectivity index (χ3n) is 3.40. The number of piperidine rings is 1. The third-order valence-corrected chi connectivity index (χ3v) is 4.02. The van der Waals surface area contributed by atoms with Crippen molar-refractivity contribution in [1.82, 2.24) is 5.32 Å². The second kappa shape index (κ2) is 6.39. The van der Waals surface area contributed by atoms with Crippen LogP contribution in [-0.4, -0.2) is 33.1 Å². The Bertz CT molecular complexity index is 470. The van der Waals surface area contributed by atoms with Gasteiger partial charge in [0.1, 0.15) is 11.5 Å². The fraction of sp³-hybridized carbons (Fsp3) is 0.500. The molecule has 1 aliphatic heterocycles. The summed E-state index contributed by atoms with van der Waals surface area (Å²) >= 11 is 3.45. The van der Waals surface area contributed by atoms with E-state index < -0.39 is 0 Å². The van der Waals surface area contributed by atoms with Crippen LogP contribution in [0.3, 0.4) is 0 Å². The Balaban J connectivity index is 2.34. The van der Waals surface area contributed by atoms with Crippen LogP contribution < -0.4 is 14.8 Å². The third kappa shape index (κ3) is 3.09. The lowest BCUT2D eigenvalue weighted by atomic mass is 9.90. The molecule has 4 nitrogen and oxygen atoms in total. The summed E-state index contributed by atoms with van der Waals surface area (Å²) < 4.78 is 11.2. The highest BCUT2D eigenvalue weighted by molar-refractivity contribution is 9.10. The number of carbonyl (C=O) groups excluding carboxylic acids is 1. The van der Waals surface area contributed by atoms with E-state index in [2.05, 4.69) is 21.2 Å². The number of hydrogen-bond acceptors (Lipinski definition) is 4. The smallest absolute Gasteiger partial charge is 0.172 e. The van der Waals surface area contributed by atoms with E-state index >= 15 is 0 Å². The summed E-state index contributed by atoms with van der Waals surface area (Å²) in [5, 5.41) is 3.26. The molecule has 1 saturated heterocycles. The molecule has 0 aliphatic carbocycles. The van der Waals surface area contributed by atoms with Crippen LogP contribution in [0.2, 0.25) is 0 Å². The summed E-state index contributed by atoms with van der Waals surface area (Å²) in [6.45, 7) is 1.73. The van der Waals surface area contributed by atoms with Crippen molar-refractivity contribution in [1.29, 1.82) is 0 Å². The van der Waals surface area contributed by atoms with Gasteiger partial charge in [-0.25, -0.2) is 0 Å². The Kier molecular flexibility index (Phi) is 4.82. The maximum Gasteiger partial charge on any atom is 0.172 e. The van der Waals surface area contributed by atoms with Gasteiger partial charge in [-0.3, -0.25) is 4.79 Å². The Labute approximate surface area is 121 Å². The van der Waals surface area contributed by atoms with Crippen molar-refractivity contribution in [3.63, 3.8) is 0 Å². The van der Waals surface area contributed by atoms with Crippen LogP contribution >= 0.6 is 15.9 Å². The first-order valence-corrected chi connectivity index (χ1v) is 7.13. The van der Waals surface area contributed by atoms with Crippen LogP contribution in [0.15, 0.2) is 16.6 Å². The number of rotatable bonds is 4. The first-order valence-electron chi connectivity index (χ1n) is 6.33. The van der Waals surface area contributed by atoms with E-state index in [1.54, 1.807) is 26.4 Å². The number of nitrogens with one attached hydrogen (secondary N) is 1. The average Bonchev–Trinajstić information content (AvgIpc) is 2.46. The first kappa shape index (κ1) is 14.3. The van der Waals surface area contributed by atoms with E-state index in [9.17, 15) is 4.79 Å². The summed E-state index contributed by atoms with van der Waals surface area (Å²) in [7, 11) is 3.16. The van der Waals surface area contributed by atoms with E-state index in [0.29, 0.717) is 17.1 Å². The molecule has 0 saturated carbocycles. The van der Waals surface area contributed by atoms with Crippen LogP contribution in [0.4, 0.5) is 0 Å². The van der Waals surface area contributed by atoms with Crippen molar-refractivity contribution in [2.75, 3.05) is 27.3 Å². The summed E-state index contributed by atoms with van der Waals surface area (Å²) in [5.74, 6) is 1.37. The molecule has 1 atom stereocenters. The lowest BCUT2D eigenvalue weighted by Crippen LogP contribution is -2.34. The van der Waals surface area contributed by atoms with Crippen molar-refractivity contribution < 1.29 is 14.3 Å². The highest BCUT2D eigenvalue weighted by Gasteiger charge is 2.27. The topological polar surface area (TPSA) is 47.6 Å². The van der Waals surface area contributed by atoms with Gasteiger partial charge in [0.05, 0.1) is 19.8 Å². The Hall–Kier alpha value is -1.07. The van der Waals surface area contributed by atoms with Crippen LogP contribution in [0.5, 0.6) is 11.5 Å². The molecular weight excluding hydrogens is 310 g/mol. The number of ketones is 1. The van der Waals surface area contributed by atoms with Gasteiger partial charge in [0, 0.05) is 23.0 Å². The second-order valence-electron chi connectivity index (χ2n) is 4.59. The van der Waals surface area contributed by atoms with Crippen LogP contribution in [-0.2, 0) is 0 Å². The van der Waals surface area contributed by atoms with E-state index in [1.807, 2.05) is 0 Å². The SMILES string of the molecule is COc1cc(Br)c(C(=O)C2CCCNC2)c(OC)c1. The van der Waals surface area contributed by atoms with Crippen LogP contribution in [0.25, 0.3) is 0 Å². The molecule has 1 unspecified atom stereocenters. The van der Waals surface area contributed by atoms with Crippen LogP contribution in [0.1, 0.15) is 23.2 Å². The van der Waals surface area contributed by atoms with Gasteiger partial charge in [-0.15, -0.1) is 0 Å². The summed E-state index contributed by atoms with van der Waals surface area (Å²) in [6, 6.07) is 3.54. The lowest BCUT2D eigenvalue weighted by Gasteiger charge is -2.23. The van der Waals surface area contributed by atoms with Gasteiger partial charge in [-0.1, -0.05) is 0 Å². The number of halogens is 1. The highest BCUT2D eigenvalue weighted by Crippen LogP contribution is 2.34. The number of carbonyl (C=O) groups is 1. The molecular formula is C14H18BrNO3. The van der Waals surface area contributed by atoms with Gasteiger partial charge in [0.2, 0.25) is 0 Å². The van der Waals surface area contributed by atoms with Crippen molar-refractivity contribution >= 4 is 21.7 Å². The monoisotopic (exact) mass is 327 g/mol. The normalized spacial score (nSPS) is 19.0. The molecule has 2 rings (SSSR count). The molecule has 104 valence electrons.